The Kier molecular flexibility index (Phi) is 5.13. The lowest BCUT2D eigenvalue weighted by molar-refractivity contribution is -0.158. The van der Waals surface area contributed by atoms with Gasteiger partial charge in [-0.25, -0.2) is 0 Å². The molecule has 1 aliphatic carbocycles. The van der Waals surface area contributed by atoms with Crippen molar-refractivity contribution in [2.75, 3.05) is 0 Å². The van der Waals surface area contributed by atoms with Gasteiger partial charge in [-0.3, -0.25) is 4.79 Å². The quantitative estimate of drug-likeness (QED) is 0.666. The van der Waals surface area contributed by atoms with Crippen molar-refractivity contribution in [3.63, 3.8) is 0 Å². The van der Waals surface area contributed by atoms with Gasteiger partial charge in [-0.05, 0) is 38.0 Å². The van der Waals surface area contributed by atoms with Gasteiger partial charge in [0, 0.05) is 0 Å². The molecule has 0 aliphatic heterocycles. The maximum atomic E-state index is 11.8. The zero-order valence-electron chi connectivity index (χ0n) is 10.3. The number of rotatable bonds is 4. The van der Waals surface area contributed by atoms with Gasteiger partial charge in [0.15, 0.2) is 0 Å². The van der Waals surface area contributed by atoms with Crippen molar-refractivity contribution in [1.82, 2.24) is 0 Å². The third-order valence-electron chi connectivity index (χ3n) is 3.62. The third kappa shape index (κ3) is 3.51. The predicted octanol–water partition coefficient (Wildman–Crippen LogP) is 3.54. The van der Waals surface area contributed by atoms with Crippen LogP contribution >= 0.6 is 0 Å². The second kappa shape index (κ2) is 6.14. The molecular formula is C13H24O2. The Bertz CT molecular complexity index is 197. The van der Waals surface area contributed by atoms with E-state index < -0.39 is 0 Å². The van der Waals surface area contributed by atoms with E-state index in [-0.39, 0.29) is 18.0 Å². The maximum Gasteiger partial charge on any atom is 0.309 e. The largest absolute Gasteiger partial charge is 0.462 e. The average Bonchev–Trinajstić information content (AvgIpc) is 2.23. The summed E-state index contributed by atoms with van der Waals surface area (Å²) in [4.78, 5) is 11.8. The Hall–Kier alpha value is -0.530. The van der Waals surface area contributed by atoms with Crippen molar-refractivity contribution in [1.29, 1.82) is 0 Å². The highest BCUT2D eigenvalue weighted by Gasteiger charge is 2.26. The molecule has 0 aromatic heterocycles. The first-order valence-corrected chi connectivity index (χ1v) is 6.39. The highest BCUT2D eigenvalue weighted by atomic mass is 16.5. The van der Waals surface area contributed by atoms with E-state index in [4.69, 9.17) is 4.74 Å². The van der Waals surface area contributed by atoms with Gasteiger partial charge < -0.3 is 4.74 Å². The summed E-state index contributed by atoms with van der Waals surface area (Å²) >= 11 is 0. The zero-order chi connectivity index (χ0) is 11.3. The molecule has 88 valence electrons. The van der Waals surface area contributed by atoms with Crippen LogP contribution in [0.5, 0.6) is 0 Å². The molecule has 0 saturated heterocycles. The number of esters is 1. The molecule has 1 saturated carbocycles. The first-order valence-electron chi connectivity index (χ1n) is 6.39. The molecule has 1 rings (SSSR count). The minimum atomic E-state index is 0.0266. The molecule has 2 unspecified atom stereocenters. The van der Waals surface area contributed by atoms with E-state index in [2.05, 4.69) is 20.8 Å². The molecule has 0 aromatic carbocycles. The van der Waals surface area contributed by atoms with Crippen molar-refractivity contribution in [2.45, 2.75) is 65.4 Å². The zero-order valence-corrected chi connectivity index (χ0v) is 10.3. The number of carbonyl (C=O) groups excluding carboxylic acids is 1. The molecule has 0 bridgehead atoms. The molecule has 0 spiro atoms. The SMILES string of the molecule is CCC(CC)C(=O)OC1CCCCC1C. The van der Waals surface area contributed by atoms with Crippen LogP contribution in [0.25, 0.3) is 0 Å². The lowest BCUT2D eigenvalue weighted by atomic mass is 9.88. The van der Waals surface area contributed by atoms with E-state index in [1.165, 1.54) is 19.3 Å². The average molecular weight is 212 g/mol. The van der Waals surface area contributed by atoms with Crippen molar-refractivity contribution < 1.29 is 9.53 Å². The minimum Gasteiger partial charge on any atom is -0.462 e. The van der Waals surface area contributed by atoms with Gasteiger partial charge >= 0.3 is 5.97 Å². The van der Waals surface area contributed by atoms with E-state index >= 15 is 0 Å². The Morgan fingerprint density at radius 3 is 2.40 bits per heavy atom. The Labute approximate surface area is 93.4 Å². The molecular weight excluding hydrogens is 188 g/mol. The van der Waals surface area contributed by atoms with Crippen LogP contribution in [0.3, 0.4) is 0 Å². The summed E-state index contributed by atoms with van der Waals surface area (Å²) in [5.41, 5.74) is 0. The molecule has 2 heteroatoms. The summed E-state index contributed by atoms with van der Waals surface area (Å²) in [6.07, 6.45) is 6.76. The molecule has 2 nitrogen and oxygen atoms in total. The molecule has 1 aliphatic rings. The minimum absolute atomic E-state index is 0.0266. The van der Waals surface area contributed by atoms with Crippen LogP contribution < -0.4 is 0 Å². The molecule has 0 heterocycles. The van der Waals surface area contributed by atoms with Crippen LogP contribution in [0.4, 0.5) is 0 Å². The second-order valence-electron chi connectivity index (χ2n) is 4.75. The second-order valence-corrected chi connectivity index (χ2v) is 4.75. The summed E-state index contributed by atoms with van der Waals surface area (Å²) < 4.78 is 5.61. The van der Waals surface area contributed by atoms with Gasteiger partial charge in [-0.1, -0.05) is 27.2 Å². The predicted molar refractivity (Wildman–Crippen MR) is 61.6 cm³/mol. The summed E-state index contributed by atoms with van der Waals surface area (Å²) in [6.45, 7) is 6.31. The standard InChI is InChI=1S/C13H24O2/c1-4-11(5-2)13(14)15-12-9-7-6-8-10(12)3/h10-12H,4-9H2,1-3H3. The van der Waals surface area contributed by atoms with Gasteiger partial charge in [0.1, 0.15) is 6.10 Å². The lowest BCUT2D eigenvalue weighted by Gasteiger charge is -2.29. The number of hydrogen-bond donors (Lipinski definition) is 0. The van der Waals surface area contributed by atoms with Crippen molar-refractivity contribution >= 4 is 5.97 Å². The highest BCUT2D eigenvalue weighted by molar-refractivity contribution is 5.72. The van der Waals surface area contributed by atoms with Crippen molar-refractivity contribution in [3.8, 4) is 0 Å². The van der Waals surface area contributed by atoms with Crippen molar-refractivity contribution in [3.05, 3.63) is 0 Å². The normalized spacial score (nSPS) is 26.7. The van der Waals surface area contributed by atoms with E-state index in [9.17, 15) is 4.79 Å². The monoisotopic (exact) mass is 212 g/mol. The molecule has 1 fully saturated rings. The smallest absolute Gasteiger partial charge is 0.309 e. The lowest BCUT2D eigenvalue weighted by Crippen LogP contribution is -2.30. The number of ether oxygens (including phenoxy) is 1. The first kappa shape index (κ1) is 12.5. The van der Waals surface area contributed by atoms with Crippen LogP contribution in [0.2, 0.25) is 0 Å². The molecule has 0 N–H and O–H groups in total. The van der Waals surface area contributed by atoms with Gasteiger partial charge in [0.05, 0.1) is 5.92 Å². The molecule has 0 radical (unpaired) electrons. The van der Waals surface area contributed by atoms with Crippen LogP contribution in [0.15, 0.2) is 0 Å². The molecule has 15 heavy (non-hydrogen) atoms. The summed E-state index contributed by atoms with van der Waals surface area (Å²) in [7, 11) is 0. The van der Waals surface area contributed by atoms with Crippen LogP contribution in [0, 0.1) is 11.8 Å². The van der Waals surface area contributed by atoms with Crippen LogP contribution in [0.1, 0.15) is 59.3 Å². The number of hydrogen-bond acceptors (Lipinski definition) is 2. The van der Waals surface area contributed by atoms with Gasteiger partial charge in [0.2, 0.25) is 0 Å². The fourth-order valence-electron chi connectivity index (χ4n) is 2.32. The van der Waals surface area contributed by atoms with E-state index in [1.807, 2.05) is 0 Å². The summed E-state index contributed by atoms with van der Waals surface area (Å²) in [5, 5.41) is 0. The Morgan fingerprint density at radius 2 is 1.87 bits per heavy atom. The summed E-state index contributed by atoms with van der Waals surface area (Å²) in [5.74, 6) is 0.690. The highest BCUT2D eigenvalue weighted by Crippen LogP contribution is 2.27. The van der Waals surface area contributed by atoms with Crippen molar-refractivity contribution in [2.24, 2.45) is 11.8 Å². The van der Waals surface area contributed by atoms with Crippen LogP contribution in [-0.2, 0) is 9.53 Å². The molecule has 0 aromatic rings. The summed E-state index contributed by atoms with van der Waals surface area (Å²) in [6, 6.07) is 0. The van der Waals surface area contributed by atoms with E-state index in [0.717, 1.165) is 19.3 Å². The number of carbonyl (C=O) groups is 1. The fraction of sp³-hybridized carbons (Fsp3) is 0.923. The Morgan fingerprint density at radius 1 is 1.27 bits per heavy atom. The third-order valence-corrected chi connectivity index (χ3v) is 3.62. The Balaban J connectivity index is 2.41. The maximum absolute atomic E-state index is 11.8. The molecule has 0 amide bonds. The van der Waals surface area contributed by atoms with Gasteiger partial charge in [-0.2, -0.15) is 0 Å². The van der Waals surface area contributed by atoms with Gasteiger partial charge in [-0.15, -0.1) is 0 Å². The molecule has 2 atom stereocenters. The van der Waals surface area contributed by atoms with E-state index in [0.29, 0.717) is 5.92 Å². The van der Waals surface area contributed by atoms with Gasteiger partial charge in [0.25, 0.3) is 0 Å². The van der Waals surface area contributed by atoms with Crippen LogP contribution in [-0.4, -0.2) is 12.1 Å². The first-order chi connectivity index (χ1) is 7.19. The fourth-order valence-corrected chi connectivity index (χ4v) is 2.32. The topological polar surface area (TPSA) is 26.3 Å². The van der Waals surface area contributed by atoms with E-state index in [1.54, 1.807) is 0 Å².